The standard InChI is InChI=1S/C28H36O4/c1-17(29)22-11-12-23-21-10-9-19-15-20(30)13-14-27(19,2)24(21)16-25(28(22,23)3)32-26(31)18-7-5-4-6-8-18/h4-8,19,21-25H,9-16H2,1-3H3/t19-,21+,22-,23+,24+,25-,27+,28-/m1/s1. The number of carbonyl (C=O) groups excluding carboxylic acids is 3. The number of ketones is 2. The maximum absolute atomic E-state index is 13.1. The van der Waals surface area contributed by atoms with E-state index in [4.69, 9.17) is 4.74 Å². The first-order chi connectivity index (χ1) is 15.2. The van der Waals surface area contributed by atoms with Gasteiger partial charge in [0.25, 0.3) is 0 Å². The number of hydrogen-bond acceptors (Lipinski definition) is 4. The van der Waals surface area contributed by atoms with E-state index in [1.807, 2.05) is 18.2 Å². The summed E-state index contributed by atoms with van der Waals surface area (Å²) in [6.45, 7) is 6.34. The summed E-state index contributed by atoms with van der Waals surface area (Å²) in [5, 5.41) is 0. The Labute approximate surface area is 191 Å². The smallest absolute Gasteiger partial charge is 0.338 e. The van der Waals surface area contributed by atoms with Crippen LogP contribution < -0.4 is 0 Å². The lowest BCUT2D eigenvalue weighted by molar-refractivity contribution is -0.171. The van der Waals surface area contributed by atoms with Gasteiger partial charge in [-0.15, -0.1) is 0 Å². The molecule has 1 aromatic carbocycles. The maximum atomic E-state index is 13.1. The van der Waals surface area contributed by atoms with E-state index in [2.05, 4.69) is 13.8 Å². The Balaban J connectivity index is 1.51. The van der Waals surface area contributed by atoms with Gasteiger partial charge in [0.15, 0.2) is 0 Å². The number of esters is 1. The highest BCUT2D eigenvalue weighted by Gasteiger charge is 2.65. The summed E-state index contributed by atoms with van der Waals surface area (Å²) in [7, 11) is 0. The Bertz CT molecular complexity index is 923. The molecule has 0 saturated heterocycles. The van der Waals surface area contributed by atoms with Crippen LogP contribution >= 0.6 is 0 Å². The zero-order valence-electron chi connectivity index (χ0n) is 19.6. The van der Waals surface area contributed by atoms with Crippen LogP contribution in [0.2, 0.25) is 0 Å². The first-order valence-electron chi connectivity index (χ1n) is 12.5. The number of ether oxygens (including phenoxy) is 1. The van der Waals surface area contributed by atoms with Crippen LogP contribution in [0.3, 0.4) is 0 Å². The van der Waals surface area contributed by atoms with Gasteiger partial charge in [0.1, 0.15) is 17.7 Å². The first-order valence-corrected chi connectivity index (χ1v) is 12.5. The second-order valence-electron chi connectivity index (χ2n) is 11.5. The van der Waals surface area contributed by atoms with Crippen molar-refractivity contribution in [2.24, 2.45) is 40.4 Å². The minimum atomic E-state index is -0.300. The summed E-state index contributed by atoms with van der Waals surface area (Å²) < 4.78 is 6.31. The third-order valence-corrected chi connectivity index (χ3v) is 10.3. The van der Waals surface area contributed by atoms with E-state index in [0.29, 0.717) is 47.9 Å². The lowest BCUT2D eigenvalue weighted by Gasteiger charge is -2.61. The molecule has 4 nitrogen and oxygen atoms in total. The maximum Gasteiger partial charge on any atom is 0.338 e. The average Bonchev–Trinajstić information content (AvgIpc) is 3.14. The summed E-state index contributed by atoms with van der Waals surface area (Å²) in [6.07, 6.45) is 7.12. The van der Waals surface area contributed by atoms with Crippen molar-refractivity contribution in [3.8, 4) is 0 Å². The van der Waals surface area contributed by atoms with Crippen LogP contribution in [-0.2, 0) is 14.3 Å². The van der Waals surface area contributed by atoms with Crippen molar-refractivity contribution >= 4 is 17.5 Å². The Hall–Kier alpha value is -1.97. The van der Waals surface area contributed by atoms with Gasteiger partial charge in [0.2, 0.25) is 0 Å². The van der Waals surface area contributed by atoms with Gasteiger partial charge < -0.3 is 4.74 Å². The Morgan fingerprint density at radius 2 is 1.75 bits per heavy atom. The van der Waals surface area contributed by atoms with Gasteiger partial charge in [-0.25, -0.2) is 4.79 Å². The number of fused-ring (bicyclic) bond motifs is 5. The second kappa shape index (κ2) is 7.81. The third kappa shape index (κ3) is 3.20. The molecule has 0 spiro atoms. The molecule has 0 aliphatic heterocycles. The predicted molar refractivity (Wildman–Crippen MR) is 122 cm³/mol. The molecule has 0 bridgehead atoms. The van der Waals surface area contributed by atoms with Crippen molar-refractivity contribution in [2.75, 3.05) is 0 Å². The molecule has 4 aliphatic carbocycles. The molecule has 0 aromatic heterocycles. The van der Waals surface area contributed by atoms with Crippen molar-refractivity contribution in [1.82, 2.24) is 0 Å². The average molecular weight is 437 g/mol. The molecule has 5 rings (SSSR count). The monoisotopic (exact) mass is 436 g/mol. The molecule has 172 valence electrons. The summed E-state index contributed by atoms with van der Waals surface area (Å²) in [5.41, 5.74) is 0.401. The van der Waals surface area contributed by atoms with Gasteiger partial charge in [-0.1, -0.05) is 32.0 Å². The van der Waals surface area contributed by atoms with Crippen LogP contribution in [-0.4, -0.2) is 23.6 Å². The number of Topliss-reactive ketones (excluding diaryl/α,β-unsaturated/α-hetero) is 2. The van der Waals surface area contributed by atoms with Gasteiger partial charge in [-0.2, -0.15) is 0 Å². The van der Waals surface area contributed by atoms with Gasteiger partial charge in [0.05, 0.1) is 5.56 Å². The summed E-state index contributed by atoms with van der Waals surface area (Å²) in [5.74, 6) is 2.19. The number of carbonyl (C=O) groups is 3. The molecule has 8 atom stereocenters. The van der Waals surface area contributed by atoms with Crippen molar-refractivity contribution in [3.05, 3.63) is 35.9 Å². The molecule has 4 aliphatic rings. The van der Waals surface area contributed by atoms with E-state index < -0.39 is 0 Å². The Morgan fingerprint density at radius 1 is 1.00 bits per heavy atom. The highest BCUT2D eigenvalue weighted by molar-refractivity contribution is 5.89. The van der Waals surface area contributed by atoms with Gasteiger partial charge in [-0.3, -0.25) is 9.59 Å². The fourth-order valence-electron chi connectivity index (χ4n) is 8.59. The number of rotatable bonds is 3. The van der Waals surface area contributed by atoms with Crippen LogP contribution in [0.25, 0.3) is 0 Å². The summed E-state index contributed by atoms with van der Waals surface area (Å²) >= 11 is 0. The van der Waals surface area contributed by atoms with Crippen LogP contribution in [0.4, 0.5) is 0 Å². The molecule has 0 unspecified atom stereocenters. The SMILES string of the molecule is CC(=O)[C@H]1CC[C@H]2[C@@H]3CC[C@@H]4CC(=O)CC[C@]4(C)[C@H]3C[C@@H](OC(=O)c3ccccc3)[C@]12C. The number of benzene rings is 1. The highest BCUT2D eigenvalue weighted by Crippen LogP contribution is 2.67. The largest absolute Gasteiger partial charge is 0.458 e. The molecule has 0 radical (unpaired) electrons. The highest BCUT2D eigenvalue weighted by atomic mass is 16.5. The molecule has 0 amide bonds. The van der Waals surface area contributed by atoms with E-state index in [1.165, 1.54) is 0 Å². The molecule has 4 fully saturated rings. The lowest BCUT2D eigenvalue weighted by Crippen LogP contribution is -2.59. The Kier molecular flexibility index (Phi) is 5.34. The first kappa shape index (κ1) is 21.9. The zero-order valence-corrected chi connectivity index (χ0v) is 19.6. The molecule has 4 heteroatoms. The molecule has 32 heavy (non-hydrogen) atoms. The molecule has 0 heterocycles. The molecule has 1 aromatic rings. The van der Waals surface area contributed by atoms with Crippen LogP contribution in [0.5, 0.6) is 0 Å². The van der Waals surface area contributed by atoms with Crippen LogP contribution in [0.1, 0.15) is 82.5 Å². The van der Waals surface area contributed by atoms with Crippen LogP contribution in [0.15, 0.2) is 30.3 Å². The minimum Gasteiger partial charge on any atom is -0.458 e. The topological polar surface area (TPSA) is 60.4 Å². The van der Waals surface area contributed by atoms with Crippen molar-refractivity contribution < 1.29 is 19.1 Å². The lowest BCUT2D eigenvalue weighted by atomic mass is 9.44. The van der Waals surface area contributed by atoms with E-state index in [1.54, 1.807) is 19.1 Å². The van der Waals surface area contributed by atoms with Crippen molar-refractivity contribution in [1.29, 1.82) is 0 Å². The predicted octanol–water partition coefficient (Wildman–Crippen LogP) is 5.64. The number of hydrogen-bond donors (Lipinski definition) is 0. The fourth-order valence-corrected chi connectivity index (χ4v) is 8.59. The summed E-state index contributed by atoms with van der Waals surface area (Å²) in [6, 6.07) is 9.22. The van der Waals surface area contributed by atoms with E-state index >= 15 is 0 Å². The molecular formula is C28H36O4. The summed E-state index contributed by atoms with van der Waals surface area (Å²) in [4.78, 5) is 38.1. The molecule has 4 saturated carbocycles. The normalized spacial score (nSPS) is 43.0. The third-order valence-electron chi connectivity index (χ3n) is 10.3. The quantitative estimate of drug-likeness (QED) is 0.576. The molecular weight excluding hydrogens is 400 g/mol. The zero-order chi connectivity index (χ0) is 22.7. The molecule has 0 N–H and O–H groups in total. The Morgan fingerprint density at radius 3 is 2.47 bits per heavy atom. The van der Waals surface area contributed by atoms with E-state index in [-0.39, 0.29) is 34.6 Å². The van der Waals surface area contributed by atoms with Crippen LogP contribution in [0, 0.1) is 40.4 Å². The van der Waals surface area contributed by atoms with Gasteiger partial charge in [0, 0.05) is 24.2 Å². The van der Waals surface area contributed by atoms with Gasteiger partial charge >= 0.3 is 5.97 Å². The fraction of sp³-hybridized carbons (Fsp3) is 0.679. The van der Waals surface area contributed by atoms with E-state index in [9.17, 15) is 14.4 Å². The van der Waals surface area contributed by atoms with E-state index in [0.717, 1.165) is 38.5 Å². The second-order valence-corrected chi connectivity index (χ2v) is 11.5. The van der Waals surface area contributed by atoms with Crippen molar-refractivity contribution in [3.63, 3.8) is 0 Å². The van der Waals surface area contributed by atoms with Gasteiger partial charge in [-0.05, 0) is 86.7 Å². The van der Waals surface area contributed by atoms with Crippen molar-refractivity contribution in [2.45, 2.75) is 78.2 Å². The minimum absolute atomic E-state index is 0.0412.